The molecule has 5 atom stereocenters. The number of ether oxygens (including phenoxy) is 1. The van der Waals surface area contributed by atoms with Crippen LogP contribution in [0, 0.1) is 17.8 Å². The van der Waals surface area contributed by atoms with Gasteiger partial charge >= 0.3 is 6.09 Å². The second kappa shape index (κ2) is 8.64. The zero-order chi connectivity index (χ0) is 23.2. The number of rotatable bonds is 3. The van der Waals surface area contributed by atoms with Crippen molar-refractivity contribution in [2.24, 2.45) is 17.8 Å². The molecule has 6 rings (SSSR count). The Morgan fingerprint density at radius 3 is 2.47 bits per heavy atom. The molecule has 0 radical (unpaired) electrons. The summed E-state index contributed by atoms with van der Waals surface area (Å²) in [5, 5.41) is 3.86. The van der Waals surface area contributed by atoms with E-state index in [2.05, 4.69) is 47.8 Å². The van der Waals surface area contributed by atoms with Crippen LogP contribution in [0.25, 0.3) is 0 Å². The molecule has 2 aliphatic heterocycles. The molecule has 2 bridgehead atoms. The van der Waals surface area contributed by atoms with Gasteiger partial charge in [0.15, 0.2) is 0 Å². The van der Waals surface area contributed by atoms with Crippen LogP contribution in [0.5, 0.6) is 0 Å². The fourth-order valence-electron chi connectivity index (χ4n) is 7.10. The average Bonchev–Trinajstić information content (AvgIpc) is 3.51. The SMILES string of the molecule is CCOC(=O)N1CCN(C(=O)c2ccc3c(c2)[C@@H]2[C@H]4CC[C@@H](C4)[C@H]2[C@H](c2ccccc2)N3)CC1. The molecule has 1 saturated heterocycles. The van der Waals surface area contributed by atoms with Crippen LogP contribution in [0.2, 0.25) is 0 Å². The minimum atomic E-state index is -0.287. The zero-order valence-corrected chi connectivity index (χ0v) is 19.8. The molecule has 2 aromatic rings. The number of piperazine rings is 1. The molecule has 6 heteroatoms. The summed E-state index contributed by atoms with van der Waals surface area (Å²) in [5.74, 6) is 2.66. The summed E-state index contributed by atoms with van der Waals surface area (Å²) in [6.45, 7) is 4.30. The molecule has 2 amide bonds. The summed E-state index contributed by atoms with van der Waals surface area (Å²) in [7, 11) is 0. The Labute approximate surface area is 201 Å². The van der Waals surface area contributed by atoms with Crippen LogP contribution >= 0.6 is 0 Å². The van der Waals surface area contributed by atoms with Gasteiger partial charge < -0.3 is 19.9 Å². The van der Waals surface area contributed by atoms with Gasteiger partial charge in [0.25, 0.3) is 5.91 Å². The minimum Gasteiger partial charge on any atom is -0.450 e. The first-order valence-electron chi connectivity index (χ1n) is 12.8. The summed E-state index contributed by atoms with van der Waals surface area (Å²) >= 11 is 0. The number of carbonyl (C=O) groups excluding carboxylic acids is 2. The molecular weight excluding hydrogens is 426 g/mol. The van der Waals surface area contributed by atoms with E-state index < -0.39 is 0 Å². The van der Waals surface area contributed by atoms with Crippen molar-refractivity contribution in [2.75, 3.05) is 38.1 Å². The summed E-state index contributed by atoms with van der Waals surface area (Å²) in [4.78, 5) is 29.0. The van der Waals surface area contributed by atoms with Crippen molar-refractivity contribution in [1.29, 1.82) is 0 Å². The van der Waals surface area contributed by atoms with Crippen LogP contribution in [-0.2, 0) is 4.74 Å². The van der Waals surface area contributed by atoms with Crippen LogP contribution < -0.4 is 5.32 Å². The number of carbonyl (C=O) groups is 2. The second-order valence-electron chi connectivity index (χ2n) is 10.2. The highest BCUT2D eigenvalue weighted by atomic mass is 16.6. The highest BCUT2D eigenvalue weighted by molar-refractivity contribution is 5.95. The van der Waals surface area contributed by atoms with Crippen molar-refractivity contribution < 1.29 is 14.3 Å². The molecule has 0 unspecified atom stereocenters. The van der Waals surface area contributed by atoms with E-state index in [1.165, 1.54) is 36.1 Å². The van der Waals surface area contributed by atoms with Crippen molar-refractivity contribution in [2.45, 2.75) is 38.1 Å². The van der Waals surface area contributed by atoms with Crippen LogP contribution in [-0.4, -0.2) is 54.6 Å². The van der Waals surface area contributed by atoms with E-state index in [1.807, 2.05) is 17.9 Å². The average molecular weight is 460 g/mol. The molecule has 34 heavy (non-hydrogen) atoms. The largest absolute Gasteiger partial charge is 0.450 e. The Balaban J connectivity index is 1.24. The van der Waals surface area contributed by atoms with Gasteiger partial charge in [-0.3, -0.25) is 4.79 Å². The number of amides is 2. The second-order valence-corrected chi connectivity index (χ2v) is 10.2. The summed E-state index contributed by atoms with van der Waals surface area (Å²) in [6.07, 6.45) is 3.66. The third-order valence-corrected chi connectivity index (χ3v) is 8.59. The van der Waals surface area contributed by atoms with Gasteiger partial charge in [-0.05, 0) is 79.2 Å². The molecule has 2 saturated carbocycles. The Kier molecular flexibility index (Phi) is 5.47. The van der Waals surface area contributed by atoms with Crippen molar-refractivity contribution in [3.63, 3.8) is 0 Å². The molecule has 6 nitrogen and oxygen atoms in total. The number of hydrogen-bond donors (Lipinski definition) is 1. The van der Waals surface area contributed by atoms with Crippen LogP contribution in [0.15, 0.2) is 48.5 Å². The van der Waals surface area contributed by atoms with Crippen molar-refractivity contribution in [3.05, 3.63) is 65.2 Å². The molecule has 0 spiro atoms. The molecular formula is C28H33N3O3. The minimum absolute atomic E-state index is 0.0659. The summed E-state index contributed by atoms with van der Waals surface area (Å²) in [5.41, 5.74) is 4.66. The van der Waals surface area contributed by atoms with Crippen molar-refractivity contribution in [1.82, 2.24) is 9.80 Å². The lowest BCUT2D eigenvalue weighted by molar-refractivity contribution is 0.0570. The van der Waals surface area contributed by atoms with E-state index in [4.69, 9.17) is 4.74 Å². The standard InChI is InChI=1S/C28H33N3O3/c1-2-34-28(33)31-14-12-30(13-15-31)27(32)21-10-11-23-22(17-21)24-19-8-9-20(16-19)25(24)26(29-23)18-6-4-3-5-7-18/h3-7,10-11,17,19-20,24-26,29H,2,8-9,12-16H2,1H3/t19-,20-,24-,25+,26-/m0/s1. The maximum atomic E-state index is 13.4. The molecule has 0 aromatic heterocycles. The third kappa shape index (κ3) is 3.55. The molecule has 1 N–H and O–H groups in total. The molecule has 3 fully saturated rings. The fourth-order valence-corrected chi connectivity index (χ4v) is 7.10. The lowest BCUT2D eigenvalue weighted by Crippen LogP contribution is -2.50. The maximum absolute atomic E-state index is 13.4. The number of hydrogen-bond acceptors (Lipinski definition) is 4. The van der Waals surface area contributed by atoms with E-state index in [9.17, 15) is 9.59 Å². The van der Waals surface area contributed by atoms with Crippen LogP contribution in [0.3, 0.4) is 0 Å². The van der Waals surface area contributed by atoms with Crippen molar-refractivity contribution >= 4 is 17.7 Å². The summed E-state index contributed by atoms with van der Waals surface area (Å²) < 4.78 is 5.11. The van der Waals surface area contributed by atoms with E-state index in [0.717, 1.165) is 17.4 Å². The van der Waals surface area contributed by atoms with Gasteiger partial charge in [-0.15, -0.1) is 0 Å². The first kappa shape index (κ1) is 21.5. The van der Waals surface area contributed by atoms with Crippen molar-refractivity contribution in [3.8, 4) is 0 Å². The number of nitrogens with zero attached hydrogens (tertiary/aromatic N) is 2. The highest BCUT2D eigenvalue weighted by Crippen LogP contribution is 2.63. The Bertz CT molecular complexity index is 1080. The topological polar surface area (TPSA) is 61.9 Å². The number of nitrogens with one attached hydrogen (secondary N) is 1. The molecule has 2 aliphatic carbocycles. The number of anilines is 1. The smallest absolute Gasteiger partial charge is 0.409 e. The van der Waals surface area contributed by atoms with E-state index in [1.54, 1.807) is 4.90 Å². The van der Waals surface area contributed by atoms with Gasteiger partial charge in [0, 0.05) is 37.4 Å². The van der Waals surface area contributed by atoms with Crippen LogP contribution in [0.1, 0.15) is 59.6 Å². The quantitative estimate of drug-likeness (QED) is 0.709. The zero-order valence-electron chi connectivity index (χ0n) is 19.8. The highest BCUT2D eigenvalue weighted by Gasteiger charge is 2.53. The number of fused-ring (bicyclic) bond motifs is 7. The van der Waals surface area contributed by atoms with E-state index >= 15 is 0 Å². The summed E-state index contributed by atoms with van der Waals surface area (Å²) in [6, 6.07) is 17.5. The monoisotopic (exact) mass is 459 g/mol. The first-order chi connectivity index (χ1) is 16.6. The molecule has 178 valence electrons. The predicted octanol–water partition coefficient (Wildman–Crippen LogP) is 4.90. The van der Waals surface area contributed by atoms with Gasteiger partial charge in [-0.1, -0.05) is 30.3 Å². The number of benzene rings is 2. The van der Waals surface area contributed by atoms with Gasteiger partial charge in [0.05, 0.1) is 12.6 Å². The lowest BCUT2D eigenvalue weighted by Gasteiger charge is -2.43. The van der Waals surface area contributed by atoms with E-state index in [0.29, 0.717) is 50.7 Å². The van der Waals surface area contributed by atoms with Gasteiger partial charge in [-0.25, -0.2) is 4.79 Å². The lowest BCUT2D eigenvalue weighted by atomic mass is 9.68. The molecule has 4 aliphatic rings. The maximum Gasteiger partial charge on any atom is 0.409 e. The van der Waals surface area contributed by atoms with Gasteiger partial charge in [-0.2, -0.15) is 0 Å². The predicted molar refractivity (Wildman–Crippen MR) is 131 cm³/mol. The fraction of sp³-hybridized carbons (Fsp3) is 0.500. The first-order valence-corrected chi connectivity index (χ1v) is 12.8. The Morgan fingerprint density at radius 2 is 1.71 bits per heavy atom. The van der Waals surface area contributed by atoms with Gasteiger partial charge in [0.2, 0.25) is 0 Å². The van der Waals surface area contributed by atoms with E-state index in [-0.39, 0.29) is 12.0 Å². The van der Waals surface area contributed by atoms with Gasteiger partial charge in [0.1, 0.15) is 0 Å². The molecule has 2 heterocycles. The third-order valence-electron chi connectivity index (χ3n) is 8.59. The Morgan fingerprint density at radius 1 is 0.971 bits per heavy atom. The normalized spacial score (nSPS) is 29.3. The van der Waals surface area contributed by atoms with Crippen LogP contribution in [0.4, 0.5) is 10.5 Å². The Hall–Kier alpha value is -3.02. The molecule has 2 aromatic carbocycles.